The second kappa shape index (κ2) is 11.9. The summed E-state index contributed by atoms with van der Waals surface area (Å²) in [5, 5.41) is 6.15. The molecule has 0 saturated heterocycles. The number of nitrogens with one attached hydrogen (secondary N) is 1. The van der Waals surface area contributed by atoms with E-state index in [0.717, 1.165) is 24.0 Å². The fourth-order valence-corrected chi connectivity index (χ4v) is 4.03. The number of thiazole rings is 1. The van der Waals surface area contributed by atoms with E-state index in [1.807, 2.05) is 30.5 Å². The van der Waals surface area contributed by atoms with Crippen LogP contribution in [0.25, 0.3) is 17.3 Å². The van der Waals surface area contributed by atoms with E-state index in [9.17, 15) is 4.79 Å². The summed E-state index contributed by atoms with van der Waals surface area (Å²) in [5.41, 5.74) is 2.27. The van der Waals surface area contributed by atoms with E-state index in [0.29, 0.717) is 45.6 Å². The lowest BCUT2D eigenvalue weighted by Gasteiger charge is -2.12. The van der Waals surface area contributed by atoms with Crippen molar-refractivity contribution in [3.05, 3.63) is 63.5 Å². The van der Waals surface area contributed by atoms with Crippen LogP contribution in [0, 0.1) is 0 Å². The predicted octanol–water partition coefficient (Wildman–Crippen LogP) is 7.35. The molecule has 2 aromatic carbocycles. The van der Waals surface area contributed by atoms with Crippen molar-refractivity contribution < 1.29 is 14.3 Å². The van der Waals surface area contributed by atoms with E-state index in [4.69, 9.17) is 32.7 Å². The van der Waals surface area contributed by atoms with Crippen molar-refractivity contribution in [3.63, 3.8) is 0 Å². The van der Waals surface area contributed by atoms with Crippen LogP contribution in [-0.2, 0) is 4.79 Å². The maximum atomic E-state index is 12.4. The molecule has 3 aromatic rings. The van der Waals surface area contributed by atoms with Crippen molar-refractivity contribution in [3.8, 4) is 22.8 Å². The van der Waals surface area contributed by atoms with Crippen molar-refractivity contribution >= 4 is 51.7 Å². The lowest BCUT2D eigenvalue weighted by Crippen LogP contribution is -2.07. The molecule has 1 N–H and O–H groups in total. The Balaban J connectivity index is 1.65. The van der Waals surface area contributed by atoms with Crippen LogP contribution >= 0.6 is 34.5 Å². The minimum atomic E-state index is -0.283. The number of carbonyl (C=O) groups excluding carboxylic acids is 1. The third-order valence-electron chi connectivity index (χ3n) is 4.39. The molecule has 0 saturated carbocycles. The van der Waals surface area contributed by atoms with Gasteiger partial charge in [0.05, 0.1) is 23.9 Å². The quantitative estimate of drug-likeness (QED) is 0.238. The Morgan fingerprint density at radius 1 is 1.12 bits per heavy atom. The molecule has 0 unspecified atom stereocenters. The fraction of sp³-hybridized carbons (Fsp3) is 0.250. The van der Waals surface area contributed by atoms with Gasteiger partial charge in [-0.25, -0.2) is 4.98 Å². The predicted molar refractivity (Wildman–Crippen MR) is 133 cm³/mol. The van der Waals surface area contributed by atoms with Gasteiger partial charge in [-0.15, -0.1) is 11.3 Å². The molecule has 0 bridgehead atoms. The molecule has 0 spiro atoms. The summed E-state index contributed by atoms with van der Waals surface area (Å²) in [6, 6.07) is 10.8. The summed E-state index contributed by atoms with van der Waals surface area (Å²) in [6.45, 7) is 5.21. The maximum absolute atomic E-state index is 12.4. The molecule has 0 fully saturated rings. The highest BCUT2D eigenvalue weighted by Gasteiger charge is 2.10. The van der Waals surface area contributed by atoms with Crippen LogP contribution in [0.15, 0.2) is 47.9 Å². The highest BCUT2D eigenvalue weighted by molar-refractivity contribution is 7.14. The van der Waals surface area contributed by atoms with Crippen molar-refractivity contribution in [2.24, 2.45) is 0 Å². The van der Waals surface area contributed by atoms with Crippen molar-refractivity contribution in [2.75, 3.05) is 18.5 Å². The number of ether oxygens (including phenoxy) is 2. The number of anilines is 1. The zero-order valence-corrected chi connectivity index (χ0v) is 20.2. The van der Waals surface area contributed by atoms with Gasteiger partial charge in [-0.3, -0.25) is 10.1 Å². The number of amides is 1. The minimum Gasteiger partial charge on any atom is -0.490 e. The van der Waals surface area contributed by atoms with E-state index >= 15 is 0 Å². The smallest absolute Gasteiger partial charge is 0.250 e. The van der Waals surface area contributed by atoms with Gasteiger partial charge in [0.1, 0.15) is 0 Å². The molecule has 32 heavy (non-hydrogen) atoms. The van der Waals surface area contributed by atoms with Crippen LogP contribution in [0.1, 0.15) is 32.3 Å². The molecule has 0 aliphatic rings. The van der Waals surface area contributed by atoms with Crippen LogP contribution in [0.5, 0.6) is 11.5 Å². The summed E-state index contributed by atoms with van der Waals surface area (Å²) in [6.07, 6.45) is 5.22. The monoisotopic (exact) mass is 490 g/mol. The first-order valence-electron chi connectivity index (χ1n) is 10.3. The molecule has 1 heterocycles. The number of rotatable bonds is 10. The number of hydrogen-bond donors (Lipinski definition) is 1. The van der Waals surface area contributed by atoms with E-state index in [2.05, 4.69) is 17.2 Å². The second-order valence-corrected chi connectivity index (χ2v) is 8.53. The van der Waals surface area contributed by atoms with Crippen LogP contribution in [-0.4, -0.2) is 24.1 Å². The Labute approximate surface area is 202 Å². The van der Waals surface area contributed by atoms with Gasteiger partial charge in [-0.2, -0.15) is 0 Å². The second-order valence-electron chi connectivity index (χ2n) is 6.83. The van der Waals surface area contributed by atoms with Gasteiger partial charge in [0.25, 0.3) is 0 Å². The third-order valence-corrected chi connectivity index (χ3v) is 5.70. The molecule has 0 aliphatic heterocycles. The molecule has 0 aliphatic carbocycles. The molecule has 1 aromatic heterocycles. The molecule has 3 rings (SSSR count). The average molecular weight is 491 g/mol. The van der Waals surface area contributed by atoms with Gasteiger partial charge in [-0.1, -0.05) is 42.6 Å². The van der Waals surface area contributed by atoms with Gasteiger partial charge in [0.15, 0.2) is 16.6 Å². The average Bonchev–Trinajstić information content (AvgIpc) is 3.22. The van der Waals surface area contributed by atoms with Crippen molar-refractivity contribution in [1.29, 1.82) is 0 Å². The van der Waals surface area contributed by atoms with E-state index < -0.39 is 0 Å². The van der Waals surface area contributed by atoms with Crippen LogP contribution in [0.2, 0.25) is 10.0 Å². The molecule has 168 valence electrons. The standard InChI is InChI=1S/C24H24Cl2N2O3S/c1-3-5-12-31-21-10-6-16(13-22(21)30-4-2)7-11-23(29)28-24-27-20(15-32-24)18-9-8-17(25)14-19(18)26/h6-11,13-15H,3-5,12H2,1-2H3,(H,27,28,29)/b11-7+. The zero-order valence-electron chi connectivity index (χ0n) is 17.9. The van der Waals surface area contributed by atoms with Gasteiger partial charge >= 0.3 is 0 Å². The number of nitrogens with zero attached hydrogens (tertiary/aromatic N) is 1. The lowest BCUT2D eigenvalue weighted by atomic mass is 10.2. The topological polar surface area (TPSA) is 60.5 Å². The van der Waals surface area contributed by atoms with Crippen molar-refractivity contribution in [2.45, 2.75) is 26.7 Å². The van der Waals surface area contributed by atoms with Gasteiger partial charge < -0.3 is 9.47 Å². The molecular formula is C24H24Cl2N2O3S. The molecule has 0 atom stereocenters. The normalized spacial score (nSPS) is 11.0. The Morgan fingerprint density at radius 3 is 2.72 bits per heavy atom. The SMILES string of the molecule is CCCCOc1ccc(/C=C/C(=O)Nc2nc(-c3ccc(Cl)cc3Cl)cs2)cc1OCC. The number of hydrogen-bond acceptors (Lipinski definition) is 5. The van der Waals surface area contributed by atoms with Crippen molar-refractivity contribution in [1.82, 2.24) is 4.98 Å². The van der Waals surface area contributed by atoms with Crippen LogP contribution in [0.3, 0.4) is 0 Å². The highest BCUT2D eigenvalue weighted by atomic mass is 35.5. The molecule has 8 heteroatoms. The van der Waals surface area contributed by atoms with Gasteiger partial charge in [0.2, 0.25) is 5.91 Å². The first-order valence-corrected chi connectivity index (χ1v) is 11.9. The number of carbonyl (C=O) groups is 1. The Hall–Kier alpha value is -2.54. The highest BCUT2D eigenvalue weighted by Crippen LogP contribution is 2.32. The number of benzene rings is 2. The fourth-order valence-electron chi connectivity index (χ4n) is 2.81. The number of halogens is 2. The molecule has 1 amide bonds. The summed E-state index contributed by atoms with van der Waals surface area (Å²) < 4.78 is 11.5. The van der Waals surface area contributed by atoms with E-state index in [1.165, 1.54) is 17.4 Å². The Bertz CT molecular complexity index is 1100. The summed E-state index contributed by atoms with van der Waals surface area (Å²) >= 11 is 13.5. The number of unbranched alkanes of at least 4 members (excludes halogenated alkanes) is 1. The van der Waals surface area contributed by atoms with Gasteiger partial charge in [-0.05, 0) is 55.3 Å². The Morgan fingerprint density at radius 2 is 1.97 bits per heavy atom. The van der Waals surface area contributed by atoms with Crippen LogP contribution < -0.4 is 14.8 Å². The molecular weight excluding hydrogens is 467 g/mol. The largest absolute Gasteiger partial charge is 0.490 e. The van der Waals surface area contributed by atoms with Gasteiger partial charge in [0, 0.05) is 22.0 Å². The van der Waals surface area contributed by atoms with Crippen LogP contribution in [0.4, 0.5) is 5.13 Å². The van der Waals surface area contributed by atoms with E-state index in [-0.39, 0.29) is 5.91 Å². The summed E-state index contributed by atoms with van der Waals surface area (Å²) in [4.78, 5) is 16.8. The first-order chi connectivity index (χ1) is 15.5. The maximum Gasteiger partial charge on any atom is 0.250 e. The third kappa shape index (κ3) is 6.73. The summed E-state index contributed by atoms with van der Waals surface area (Å²) in [5.74, 6) is 1.09. The zero-order chi connectivity index (χ0) is 22.9. The van der Waals surface area contributed by atoms with E-state index in [1.54, 1.807) is 24.3 Å². The molecule has 0 radical (unpaired) electrons. The lowest BCUT2D eigenvalue weighted by molar-refractivity contribution is -0.111. The first kappa shape index (κ1) is 24.1. The summed E-state index contributed by atoms with van der Waals surface area (Å²) in [7, 11) is 0. The minimum absolute atomic E-state index is 0.283. The Kier molecular flexibility index (Phi) is 8.97. The molecule has 5 nitrogen and oxygen atoms in total. The number of aromatic nitrogens is 1.